The van der Waals surface area contributed by atoms with Crippen molar-refractivity contribution in [2.75, 3.05) is 6.61 Å². The Bertz CT molecular complexity index is 488. The molecule has 0 heterocycles. The standard InChI is InChI=1S/C9H11N4O3P/c10-5-7-1-3-8(4-2-7)16-6-9(14)13-17(11,12)15/h1-4H,6H2,(H5,11,12,13,14,15). The molecule has 8 heteroatoms. The number of nitrogens with two attached hydrogens (primary N) is 2. The highest BCUT2D eigenvalue weighted by Gasteiger charge is 2.12. The third-order valence-electron chi connectivity index (χ3n) is 1.65. The second kappa shape index (κ2) is 5.46. The third-order valence-corrected chi connectivity index (χ3v) is 2.25. The zero-order chi connectivity index (χ0) is 12.9. The molecule has 0 aromatic heterocycles. The van der Waals surface area contributed by atoms with Crippen LogP contribution in [0.2, 0.25) is 0 Å². The number of amides is 1. The van der Waals surface area contributed by atoms with Crippen molar-refractivity contribution < 1.29 is 14.1 Å². The molecule has 0 bridgehead atoms. The van der Waals surface area contributed by atoms with E-state index in [4.69, 9.17) is 21.0 Å². The summed E-state index contributed by atoms with van der Waals surface area (Å²) in [6, 6.07) is 8.11. The van der Waals surface area contributed by atoms with E-state index in [1.165, 1.54) is 12.1 Å². The molecular formula is C9H11N4O3P. The SMILES string of the molecule is N#Cc1ccc(OCC(=O)NP(N)(N)=O)cc1. The zero-order valence-electron chi connectivity index (χ0n) is 8.79. The molecule has 0 atom stereocenters. The number of nitriles is 1. The van der Waals surface area contributed by atoms with Crippen molar-refractivity contribution in [3.05, 3.63) is 29.8 Å². The fourth-order valence-electron chi connectivity index (χ4n) is 1.00. The molecule has 1 rings (SSSR count). The summed E-state index contributed by atoms with van der Waals surface area (Å²) in [7, 11) is -3.58. The summed E-state index contributed by atoms with van der Waals surface area (Å²) >= 11 is 0. The molecule has 0 unspecified atom stereocenters. The van der Waals surface area contributed by atoms with E-state index in [9.17, 15) is 9.36 Å². The highest BCUT2D eigenvalue weighted by atomic mass is 31.2. The average Bonchev–Trinajstić information content (AvgIpc) is 2.25. The lowest BCUT2D eigenvalue weighted by Crippen LogP contribution is -2.32. The summed E-state index contributed by atoms with van der Waals surface area (Å²) in [5.74, 6) is -0.272. The molecule has 0 saturated heterocycles. The van der Waals surface area contributed by atoms with Gasteiger partial charge in [-0.05, 0) is 24.3 Å². The maximum atomic E-state index is 11.1. The lowest BCUT2D eigenvalue weighted by Gasteiger charge is -2.09. The first-order valence-electron chi connectivity index (χ1n) is 4.52. The molecule has 7 nitrogen and oxygen atoms in total. The van der Waals surface area contributed by atoms with Crippen LogP contribution in [-0.4, -0.2) is 12.5 Å². The maximum absolute atomic E-state index is 11.1. The number of carbonyl (C=O) groups is 1. The normalized spacial score (nSPS) is 10.4. The summed E-state index contributed by atoms with van der Waals surface area (Å²) in [6.45, 7) is -0.357. The Morgan fingerprint density at radius 3 is 2.47 bits per heavy atom. The molecule has 0 saturated carbocycles. The second-order valence-corrected chi connectivity index (χ2v) is 4.81. The van der Waals surface area contributed by atoms with Crippen LogP contribution in [0.3, 0.4) is 0 Å². The van der Waals surface area contributed by atoms with E-state index in [0.29, 0.717) is 11.3 Å². The molecule has 1 amide bonds. The molecule has 0 aliphatic rings. The Labute approximate surface area is 97.9 Å². The summed E-state index contributed by atoms with van der Waals surface area (Å²) in [5, 5.41) is 10.5. The van der Waals surface area contributed by atoms with Crippen molar-refractivity contribution in [2.45, 2.75) is 0 Å². The molecule has 0 spiro atoms. The highest BCUT2D eigenvalue weighted by molar-refractivity contribution is 7.57. The van der Waals surface area contributed by atoms with Gasteiger partial charge in [0.2, 0.25) is 0 Å². The van der Waals surface area contributed by atoms with Gasteiger partial charge in [-0.3, -0.25) is 25.5 Å². The number of carbonyl (C=O) groups excluding carboxylic acids is 1. The number of nitrogens with zero attached hydrogens (tertiary/aromatic N) is 1. The summed E-state index contributed by atoms with van der Waals surface area (Å²) in [5.41, 5.74) is 10.4. The van der Waals surface area contributed by atoms with E-state index in [1.807, 2.05) is 11.2 Å². The number of hydrogen-bond acceptors (Lipinski definition) is 4. The van der Waals surface area contributed by atoms with Crippen LogP contribution in [0.4, 0.5) is 0 Å². The minimum absolute atomic E-state index is 0.357. The molecule has 0 radical (unpaired) electrons. The first-order valence-corrected chi connectivity index (χ1v) is 6.36. The van der Waals surface area contributed by atoms with Gasteiger partial charge in [0.05, 0.1) is 11.6 Å². The minimum atomic E-state index is -3.58. The van der Waals surface area contributed by atoms with Gasteiger partial charge in [-0.25, -0.2) is 0 Å². The lowest BCUT2D eigenvalue weighted by atomic mass is 10.2. The van der Waals surface area contributed by atoms with E-state index < -0.39 is 13.5 Å². The maximum Gasteiger partial charge on any atom is 0.300 e. The van der Waals surface area contributed by atoms with Gasteiger partial charge >= 0.3 is 0 Å². The molecule has 1 aromatic rings. The number of hydrogen-bond donors (Lipinski definition) is 3. The Balaban J connectivity index is 2.48. The molecule has 0 aliphatic heterocycles. The Kier molecular flexibility index (Phi) is 4.24. The van der Waals surface area contributed by atoms with Crippen LogP contribution >= 0.6 is 7.59 Å². The molecule has 5 N–H and O–H groups in total. The predicted octanol–water partition coefficient (Wildman–Crippen LogP) is 0.0788. The Hall–Kier alpha value is -1.87. The molecule has 1 aromatic carbocycles. The van der Waals surface area contributed by atoms with E-state index in [-0.39, 0.29) is 6.61 Å². The Morgan fingerprint density at radius 1 is 1.41 bits per heavy atom. The number of ether oxygens (including phenoxy) is 1. The van der Waals surface area contributed by atoms with Crippen molar-refractivity contribution in [1.82, 2.24) is 5.09 Å². The number of nitrogens with one attached hydrogen (secondary N) is 1. The van der Waals surface area contributed by atoms with E-state index in [0.717, 1.165) is 0 Å². The number of benzene rings is 1. The van der Waals surface area contributed by atoms with Crippen LogP contribution < -0.4 is 20.8 Å². The molecule has 0 aliphatic carbocycles. The third kappa shape index (κ3) is 5.13. The molecule has 17 heavy (non-hydrogen) atoms. The van der Waals surface area contributed by atoms with Gasteiger partial charge in [-0.2, -0.15) is 5.26 Å². The van der Waals surface area contributed by atoms with Crippen molar-refractivity contribution in [2.24, 2.45) is 11.0 Å². The molecule has 0 fully saturated rings. The molecule has 90 valence electrons. The van der Waals surface area contributed by atoms with Crippen molar-refractivity contribution >= 4 is 13.5 Å². The van der Waals surface area contributed by atoms with Gasteiger partial charge in [-0.15, -0.1) is 0 Å². The van der Waals surface area contributed by atoms with E-state index >= 15 is 0 Å². The molecular weight excluding hydrogens is 243 g/mol. The van der Waals surface area contributed by atoms with Gasteiger partial charge in [0.25, 0.3) is 13.5 Å². The predicted molar refractivity (Wildman–Crippen MR) is 60.8 cm³/mol. The largest absolute Gasteiger partial charge is 0.484 e. The van der Waals surface area contributed by atoms with Crippen molar-refractivity contribution in [3.63, 3.8) is 0 Å². The van der Waals surface area contributed by atoms with Gasteiger partial charge in [0.1, 0.15) is 5.75 Å². The lowest BCUT2D eigenvalue weighted by molar-refractivity contribution is -0.121. The van der Waals surface area contributed by atoms with Gasteiger partial charge in [0, 0.05) is 0 Å². The van der Waals surface area contributed by atoms with Crippen LogP contribution in [0.5, 0.6) is 5.75 Å². The van der Waals surface area contributed by atoms with Gasteiger partial charge in [0.15, 0.2) is 6.61 Å². The van der Waals surface area contributed by atoms with Crippen LogP contribution in [0.25, 0.3) is 0 Å². The first kappa shape index (κ1) is 13.2. The minimum Gasteiger partial charge on any atom is -0.484 e. The zero-order valence-corrected chi connectivity index (χ0v) is 9.68. The van der Waals surface area contributed by atoms with Crippen LogP contribution in [0, 0.1) is 11.3 Å². The first-order chi connectivity index (χ1) is 7.90. The topological polar surface area (TPSA) is 131 Å². The highest BCUT2D eigenvalue weighted by Crippen LogP contribution is 2.17. The van der Waals surface area contributed by atoms with Crippen LogP contribution in [0.1, 0.15) is 5.56 Å². The van der Waals surface area contributed by atoms with Crippen molar-refractivity contribution in [1.29, 1.82) is 5.26 Å². The second-order valence-electron chi connectivity index (χ2n) is 3.17. The quantitative estimate of drug-likeness (QED) is 0.652. The fraction of sp³-hybridized carbons (Fsp3) is 0.111. The van der Waals surface area contributed by atoms with E-state index in [1.54, 1.807) is 12.1 Å². The summed E-state index contributed by atoms with van der Waals surface area (Å²) in [4.78, 5) is 11.1. The summed E-state index contributed by atoms with van der Waals surface area (Å²) < 4.78 is 15.9. The van der Waals surface area contributed by atoms with Crippen LogP contribution in [-0.2, 0) is 9.36 Å². The van der Waals surface area contributed by atoms with Crippen LogP contribution in [0.15, 0.2) is 24.3 Å². The summed E-state index contributed by atoms with van der Waals surface area (Å²) in [6.07, 6.45) is 0. The van der Waals surface area contributed by atoms with Gasteiger partial charge in [-0.1, -0.05) is 0 Å². The number of rotatable bonds is 4. The Morgan fingerprint density at radius 2 is 2.00 bits per heavy atom. The van der Waals surface area contributed by atoms with Crippen molar-refractivity contribution in [3.8, 4) is 11.8 Å². The van der Waals surface area contributed by atoms with Gasteiger partial charge < -0.3 is 4.74 Å². The average molecular weight is 254 g/mol. The monoisotopic (exact) mass is 254 g/mol. The van der Waals surface area contributed by atoms with E-state index in [2.05, 4.69) is 0 Å². The smallest absolute Gasteiger partial charge is 0.300 e. The fourth-order valence-corrected chi connectivity index (χ4v) is 1.46.